The van der Waals surface area contributed by atoms with Crippen LogP contribution in [0, 0.1) is 12.7 Å². The molecule has 2 fully saturated rings. The minimum atomic E-state index is -0.305. The summed E-state index contributed by atoms with van der Waals surface area (Å²) in [5, 5.41) is 4.22. The molecule has 4 rings (SSSR count). The van der Waals surface area contributed by atoms with E-state index >= 15 is 0 Å². The average molecular weight is 313 g/mol. The lowest BCUT2D eigenvalue weighted by atomic mass is 10.1. The molecule has 2 saturated heterocycles. The van der Waals surface area contributed by atoms with Crippen molar-refractivity contribution in [2.75, 3.05) is 13.1 Å². The van der Waals surface area contributed by atoms with Gasteiger partial charge in [-0.3, -0.25) is 9.78 Å². The number of nitrogens with one attached hydrogen (secondary N) is 1. The molecule has 2 aliphatic heterocycles. The first kappa shape index (κ1) is 14.6. The maximum absolute atomic E-state index is 13.4. The van der Waals surface area contributed by atoms with E-state index in [0.717, 1.165) is 37.7 Å². The van der Waals surface area contributed by atoms with Crippen molar-refractivity contribution >= 4 is 16.8 Å². The highest BCUT2D eigenvalue weighted by atomic mass is 19.1. The van der Waals surface area contributed by atoms with Gasteiger partial charge in [-0.2, -0.15) is 0 Å². The SMILES string of the molecule is Cc1nc2cc(F)ccc2cc1C(=O)N1C2CCNCC1CC2. The van der Waals surface area contributed by atoms with Crippen molar-refractivity contribution in [1.82, 2.24) is 15.2 Å². The fraction of sp³-hybridized carbons (Fsp3) is 0.444. The number of carbonyl (C=O) groups is 1. The molecule has 2 unspecified atom stereocenters. The Bertz CT molecular complexity index is 762. The molecule has 0 aliphatic carbocycles. The van der Waals surface area contributed by atoms with Crippen molar-refractivity contribution in [3.63, 3.8) is 0 Å². The van der Waals surface area contributed by atoms with E-state index in [0.29, 0.717) is 22.8 Å². The Morgan fingerprint density at radius 1 is 1.26 bits per heavy atom. The van der Waals surface area contributed by atoms with E-state index in [-0.39, 0.29) is 17.8 Å². The number of pyridine rings is 1. The molecule has 5 heteroatoms. The first-order chi connectivity index (χ1) is 11.1. The first-order valence-corrected chi connectivity index (χ1v) is 8.24. The number of benzene rings is 1. The van der Waals surface area contributed by atoms with Crippen LogP contribution in [0.15, 0.2) is 24.3 Å². The standard InChI is InChI=1S/C18H20FN3O/c1-11-16(8-12-2-3-13(19)9-17(12)21-11)18(23)22-14-4-5-15(22)10-20-7-6-14/h2-3,8-9,14-15,20H,4-7,10H2,1H3. The summed E-state index contributed by atoms with van der Waals surface area (Å²) in [5.74, 6) is -0.238. The van der Waals surface area contributed by atoms with E-state index in [1.807, 2.05) is 13.0 Å². The van der Waals surface area contributed by atoms with Crippen molar-refractivity contribution in [2.45, 2.75) is 38.3 Å². The number of fused-ring (bicyclic) bond motifs is 3. The smallest absolute Gasteiger partial charge is 0.256 e. The minimum Gasteiger partial charge on any atom is -0.331 e. The van der Waals surface area contributed by atoms with Crippen molar-refractivity contribution in [3.8, 4) is 0 Å². The summed E-state index contributed by atoms with van der Waals surface area (Å²) in [6, 6.07) is 6.97. The van der Waals surface area contributed by atoms with Crippen molar-refractivity contribution < 1.29 is 9.18 Å². The van der Waals surface area contributed by atoms with Crippen LogP contribution in [0.4, 0.5) is 4.39 Å². The second-order valence-electron chi connectivity index (χ2n) is 6.55. The Morgan fingerprint density at radius 3 is 2.96 bits per heavy atom. The molecule has 2 aromatic rings. The Kier molecular flexibility index (Phi) is 3.53. The molecule has 2 bridgehead atoms. The third kappa shape index (κ3) is 2.49. The second-order valence-corrected chi connectivity index (χ2v) is 6.55. The van der Waals surface area contributed by atoms with Crippen molar-refractivity contribution in [3.05, 3.63) is 41.3 Å². The van der Waals surface area contributed by atoms with Crippen LogP contribution in [0.3, 0.4) is 0 Å². The maximum atomic E-state index is 13.4. The summed E-state index contributed by atoms with van der Waals surface area (Å²) in [6.45, 7) is 3.67. The largest absolute Gasteiger partial charge is 0.331 e. The lowest BCUT2D eigenvalue weighted by Crippen LogP contribution is -2.42. The predicted octanol–water partition coefficient (Wildman–Crippen LogP) is 2.65. The number of hydrogen-bond donors (Lipinski definition) is 1. The fourth-order valence-electron chi connectivity index (χ4n) is 3.91. The first-order valence-electron chi connectivity index (χ1n) is 8.24. The molecule has 120 valence electrons. The molecule has 3 heterocycles. The van der Waals surface area contributed by atoms with Crippen LogP contribution in [0.1, 0.15) is 35.3 Å². The number of aryl methyl sites for hydroxylation is 1. The molecular formula is C18H20FN3O. The molecule has 1 aromatic carbocycles. The van der Waals surface area contributed by atoms with Crippen LogP contribution in [-0.4, -0.2) is 41.0 Å². The molecular weight excluding hydrogens is 293 g/mol. The fourth-order valence-corrected chi connectivity index (χ4v) is 3.91. The van der Waals surface area contributed by atoms with E-state index in [4.69, 9.17) is 0 Å². The topological polar surface area (TPSA) is 45.2 Å². The Hall–Kier alpha value is -2.01. The summed E-state index contributed by atoms with van der Waals surface area (Å²) < 4.78 is 13.4. The molecule has 0 spiro atoms. The van der Waals surface area contributed by atoms with Gasteiger partial charge in [-0.25, -0.2) is 4.39 Å². The lowest BCUT2D eigenvalue weighted by molar-refractivity contribution is 0.0679. The average Bonchev–Trinajstić information content (AvgIpc) is 2.79. The number of hydrogen-bond acceptors (Lipinski definition) is 3. The highest BCUT2D eigenvalue weighted by molar-refractivity contribution is 5.99. The summed E-state index contributed by atoms with van der Waals surface area (Å²) in [5.41, 5.74) is 1.91. The molecule has 1 amide bonds. The Labute approximate surface area is 134 Å². The molecule has 0 saturated carbocycles. The van der Waals surface area contributed by atoms with Gasteiger partial charge in [0, 0.05) is 30.1 Å². The number of carbonyl (C=O) groups excluding carboxylic acids is 1. The third-order valence-electron chi connectivity index (χ3n) is 5.09. The Balaban J connectivity index is 1.74. The van der Waals surface area contributed by atoms with E-state index in [1.165, 1.54) is 12.1 Å². The number of rotatable bonds is 1. The van der Waals surface area contributed by atoms with Crippen molar-refractivity contribution in [1.29, 1.82) is 0 Å². The zero-order valence-electron chi connectivity index (χ0n) is 13.2. The van der Waals surface area contributed by atoms with Gasteiger partial charge in [0.2, 0.25) is 0 Å². The normalized spacial score (nSPS) is 24.0. The summed E-state index contributed by atoms with van der Waals surface area (Å²) in [4.78, 5) is 19.6. The zero-order chi connectivity index (χ0) is 16.0. The summed E-state index contributed by atoms with van der Waals surface area (Å²) >= 11 is 0. The van der Waals surface area contributed by atoms with Crippen molar-refractivity contribution in [2.24, 2.45) is 0 Å². The van der Waals surface area contributed by atoms with Gasteiger partial charge in [0.05, 0.1) is 16.8 Å². The van der Waals surface area contributed by atoms with Crippen LogP contribution < -0.4 is 5.32 Å². The number of amides is 1. The molecule has 1 N–H and O–H groups in total. The second kappa shape index (κ2) is 5.57. The molecule has 0 radical (unpaired) electrons. The van der Waals surface area contributed by atoms with Gasteiger partial charge in [0.15, 0.2) is 0 Å². The van der Waals surface area contributed by atoms with Crippen LogP contribution in [0.25, 0.3) is 10.9 Å². The van der Waals surface area contributed by atoms with Gasteiger partial charge in [-0.15, -0.1) is 0 Å². The van der Waals surface area contributed by atoms with E-state index in [2.05, 4.69) is 15.2 Å². The monoisotopic (exact) mass is 313 g/mol. The third-order valence-corrected chi connectivity index (χ3v) is 5.09. The maximum Gasteiger partial charge on any atom is 0.256 e. The molecule has 23 heavy (non-hydrogen) atoms. The highest BCUT2D eigenvalue weighted by Gasteiger charge is 2.38. The number of aromatic nitrogens is 1. The van der Waals surface area contributed by atoms with Gasteiger partial charge < -0.3 is 10.2 Å². The van der Waals surface area contributed by atoms with E-state index in [9.17, 15) is 9.18 Å². The van der Waals surface area contributed by atoms with Crippen LogP contribution in [-0.2, 0) is 0 Å². The lowest BCUT2D eigenvalue weighted by Gasteiger charge is -2.28. The van der Waals surface area contributed by atoms with Gasteiger partial charge >= 0.3 is 0 Å². The van der Waals surface area contributed by atoms with Crippen LogP contribution >= 0.6 is 0 Å². The van der Waals surface area contributed by atoms with Gasteiger partial charge in [0.1, 0.15) is 5.82 Å². The summed E-state index contributed by atoms with van der Waals surface area (Å²) in [6.07, 6.45) is 3.16. The van der Waals surface area contributed by atoms with Gasteiger partial charge in [-0.05, 0) is 50.9 Å². The summed E-state index contributed by atoms with van der Waals surface area (Å²) in [7, 11) is 0. The van der Waals surface area contributed by atoms with Gasteiger partial charge in [0.25, 0.3) is 5.91 Å². The molecule has 1 aromatic heterocycles. The quantitative estimate of drug-likeness (QED) is 0.880. The number of nitrogens with zero attached hydrogens (tertiary/aromatic N) is 2. The minimum absolute atomic E-state index is 0.0671. The van der Waals surface area contributed by atoms with E-state index in [1.54, 1.807) is 6.07 Å². The molecule has 4 nitrogen and oxygen atoms in total. The predicted molar refractivity (Wildman–Crippen MR) is 86.9 cm³/mol. The van der Waals surface area contributed by atoms with Gasteiger partial charge in [-0.1, -0.05) is 0 Å². The number of halogens is 1. The highest BCUT2D eigenvalue weighted by Crippen LogP contribution is 2.30. The molecule has 2 aliphatic rings. The van der Waals surface area contributed by atoms with E-state index < -0.39 is 0 Å². The molecule has 2 atom stereocenters. The van der Waals surface area contributed by atoms with Crippen LogP contribution in [0.2, 0.25) is 0 Å². The Morgan fingerprint density at radius 2 is 2.09 bits per heavy atom. The zero-order valence-corrected chi connectivity index (χ0v) is 13.2. The van der Waals surface area contributed by atoms with Crippen LogP contribution in [0.5, 0.6) is 0 Å².